The fraction of sp³-hybridized carbons (Fsp3) is 0.750. The zero-order chi connectivity index (χ0) is 12.0. The van der Waals surface area contributed by atoms with E-state index in [4.69, 9.17) is 5.11 Å². The molecule has 3 unspecified atom stereocenters. The largest absolute Gasteiger partial charge is 0.396 e. The van der Waals surface area contributed by atoms with Crippen LogP contribution in [-0.4, -0.2) is 29.8 Å². The molecular weight excluding hydrogens is 204 g/mol. The quantitative estimate of drug-likeness (QED) is 0.635. The molecule has 0 saturated carbocycles. The van der Waals surface area contributed by atoms with Crippen molar-refractivity contribution in [1.82, 2.24) is 10.6 Å². The molecule has 3 atom stereocenters. The summed E-state index contributed by atoms with van der Waals surface area (Å²) in [6.07, 6.45) is 7.40. The van der Waals surface area contributed by atoms with Gasteiger partial charge >= 0.3 is 6.03 Å². The summed E-state index contributed by atoms with van der Waals surface area (Å²) in [5.74, 6) is 0.0765. The molecule has 4 nitrogen and oxygen atoms in total. The van der Waals surface area contributed by atoms with Gasteiger partial charge in [-0.15, -0.1) is 0 Å². The van der Waals surface area contributed by atoms with Crippen LogP contribution in [0.2, 0.25) is 0 Å². The molecule has 92 valence electrons. The van der Waals surface area contributed by atoms with Crippen molar-refractivity contribution in [2.45, 2.75) is 45.2 Å². The Morgan fingerprint density at radius 1 is 1.56 bits per heavy atom. The van der Waals surface area contributed by atoms with Crippen molar-refractivity contribution in [2.75, 3.05) is 6.61 Å². The summed E-state index contributed by atoms with van der Waals surface area (Å²) in [4.78, 5) is 11.6. The molecule has 0 bridgehead atoms. The van der Waals surface area contributed by atoms with Gasteiger partial charge in [0.15, 0.2) is 0 Å². The summed E-state index contributed by atoms with van der Waals surface area (Å²) in [5, 5.41) is 14.7. The second kappa shape index (κ2) is 6.53. The second-order valence-corrected chi connectivity index (χ2v) is 4.53. The van der Waals surface area contributed by atoms with Crippen LogP contribution in [0, 0.1) is 5.92 Å². The molecule has 16 heavy (non-hydrogen) atoms. The second-order valence-electron chi connectivity index (χ2n) is 4.53. The van der Waals surface area contributed by atoms with E-state index in [1.807, 2.05) is 19.9 Å². The van der Waals surface area contributed by atoms with Crippen LogP contribution in [0.1, 0.15) is 33.1 Å². The molecule has 0 spiro atoms. The summed E-state index contributed by atoms with van der Waals surface area (Å²) in [7, 11) is 0. The minimum Gasteiger partial charge on any atom is -0.396 e. The zero-order valence-electron chi connectivity index (χ0n) is 10.1. The van der Waals surface area contributed by atoms with Crippen LogP contribution in [-0.2, 0) is 0 Å². The highest BCUT2D eigenvalue weighted by Gasteiger charge is 2.16. The van der Waals surface area contributed by atoms with Crippen LogP contribution in [0.4, 0.5) is 4.79 Å². The fourth-order valence-corrected chi connectivity index (χ4v) is 1.65. The van der Waals surface area contributed by atoms with E-state index in [2.05, 4.69) is 16.7 Å². The van der Waals surface area contributed by atoms with Crippen molar-refractivity contribution in [3.63, 3.8) is 0 Å². The smallest absolute Gasteiger partial charge is 0.315 e. The molecule has 4 heteroatoms. The molecule has 0 aromatic carbocycles. The first-order valence-corrected chi connectivity index (χ1v) is 5.98. The first-order valence-electron chi connectivity index (χ1n) is 5.98. The van der Waals surface area contributed by atoms with E-state index in [1.54, 1.807) is 0 Å². The monoisotopic (exact) mass is 226 g/mol. The first-order chi connectivity index (χ1) is 7.63. The number of allylic oxidation sites excluding steroid dienone is 1. The Morgan fingerprint density at radius 2 is 2.31 bits per heavy atom. The highest BCUT2D eigenvalue weighted by Crippen LogP contribution is 2.10. The van der Waals surface area contributed by atoms with E-state index in [-0.39, 0.29) is 30.6 Å². The van der Waals surface area contributed by atoms with E-state index in [9.17, 15) is 4.79 Å². The number of rotatable bonds is 4. The molecule has 0 radical (unpaired) electrons. The van der Waals surface area contributed by atoms with Gasteiger partial charge in [0.2, 0.25) is 0 Å². The third-order valence-electron chi connectivity index (χ3n) is 3.07. The highest BCUT2D eigenvalue weighted by molar-refractivity contribution is 5.74. The normalized spacial score (nSPS) is 23.6. The SMILES string of the molecule is CC(CO)C(C)NC(=O)NC1C=CCCC1. The molecule has 0 saturated heterocycles. The predicted molar refractivity (Wildman–Crippen MR) is 64.2 cm³/mol. The van der Waals surface area contributed by atoms with Crippen molar-refractivity contribution >= 4 is 6.03 Å². The minimum atomic E-state index is -0.149. The van der Waals surface area contributed by atoms with Gasteiger partial charge in [-0.1, -0.05) is 19.1 Å². The number of hydrogen-bond acceptors (Lipinski definition) is 2. The van der Waals surface area contributed by atoms with Crippen LogP contribution < -0.4 is 10.6 Å². The number of hydrogen-bond donors (Lipinski definition) is 3. The van der Waals surface area contributed by atoms with E-state index >= 15 is 0 Å². The number of amides is 2. The van der Waals surface area contributed by atoms with Crippen LogP contribution in [0.25, 0.3) is 0 Å². The Bertz CT molecular complexity index is 253. The van der Waals surface area contributed by atoms with Gasteiger partial charge in [-0.05, 0) is 32.1 Å². The number of carbonyl (C=O) groups is 1. The lowest BCUT2D eigenvalue weighted by Gasteiger charge is -2.23. The lowest BCUT2D eigenvalue weighted by molar-refractivity contribution is 0.199. The van der Waals surface area contributed by atoms with E-state index < -0.39 is 0 Å². The lowest BCUT2D eigenvalue weighted by atomic mass is 10.0. The van der Waals surface area contributed by atoms with E-state index in [1.165, 1.54) is 0 Å². The number of aliphatic hydroxyl groups is 1. The lowest BCUT2D eigenvalue weighted by Crippen LogP contribution is -2.47. The Balaban J connectivity index is 2.29. The summed E-state index contributed by atoms with van der Waals surface area (Å²) < 4.78 is 0. The Morgan fingerprint density at radius 3 is 2.88 bits per heavy atom. The molecule has 0 fully saturated rings. The topological polar surface area (TPSA) is 61.4 Å². The van der Waals surface area contributed by atoms with Crippen LogP contribution in [0.3, 0.4) is 0 Å². The van der Waals surface area contributed by atoms with Crippen LogP contribution in [0.5, 0.6) is 0 Å². The molecule has 1 aliphatic rings. The molecular formula is C12H22N2O2. The zero-order valence-corrected chi connectivity index (χ0v) is 10.1. The van der Waals surface area contributed by atoms with Crippen molar-refractivity contribution in [2.24, 2.45) is 5.92 Å². The van der Waals surface area contributed by atoms with Gasteiger partial charge < -0.3 is 15.7 Å². The number of urea groups is 1. The van der Waals surface area contributed by atoms with Gasteiger partial charge in [-0.25, -0.2) is 4.79 Å². The minimum absolute atomic E-state index is 0.0161. The fourth-order valence-electron chi connectivity index (χ4n) is 1.65. The molecule has 1 rings (SSSR count). The molecule has 3 N–H and O–H groups in total. The molecule has 2 amide bonds. The maximum absolute atomic E-state index is 11.6. The van der Waals surface area contributed by atoms with E-state index in [0.29, 0.717) is 0 Å². The summed E-state index contributed by atoms with van der Waals surface area (Å²) in [6.45, 7) is 3.90. The van der Waals surface area contributed by atoms with Gasteiger partial charge in [0.05, 0.1) is 0 Å². The van der Waals surface area contributed by atoms with Gasteiger partial charge in [0.25, 0.3) is 0 Å². The highest BCUT2D eigenvalue weighted by atomic mass is 16.3. The third-order valence-corrected chi connectivity index (χ3v) is 3.07. The van der Waals surface area contributed by atoms with Gasteiger partial charge in [-0.3, -0.25) is 0 Å². The van der Waals surface area contributed by atoms with Crippen molar-refractivity contribution < 1.29 is 9.90 Å². The third kappa shape index (κ3) is 4.23. The van der Waals surface area contributed by atoms with Crippen molar-refractivity contribution in [3.8, 4) is 0 Å². The Hall–Kier alpha value is -1.03. The molecule has 1 aliphatic carbocycles. The van der Waals surface area contributed by atoms with Crippen molar-refractivity contribution in [1.29, 1.82) is 0 Å². The molecule has 0 aromatic heterocycles. The van der Waals surface area contributed by atoms with Gasteiger partial charge in [0, 0.05) is 18.7 Å². The Labute approximate surface area is 97.1 Å². The summed E-state index contributed by atoms with van der Waals surface area (Å²) >= 11 is 0. The number of carbonyl (C=O) groups excluding carboxylic acids is 1. The average molecular weight is 226 g/mol. The summed E-state index contributed by atoms with van der Waals surface area (Å²) in [5.41, 5.74) is 0. The standard InChI is InChI=1S/C12H22N2O2/c1-9(8-15)10(2)13-12(16)14-11-6-4-3-5-7-11/h4,6,9-11,15H,3,5,7-8H2,1-2H3,(H2,13,14,16). The van der Waals surface area contributed by atoms with Crippen molar-refractivity contribution in [3.05, 3.63) is 12.2 Å². The predicted octanol–water partition coefficient (Wildman–Crippen LogP) is 1.41. The molecule has 0 heterocycles. The van der Waals surface area contributed by atoms with E-state index in [0.717, 1.165) is 19.3 Å². The first kappa shape index (κ1) is 13.0. The van der Waals surface area contributed by atoms with Gasteiger partial charge in [-0.2, -0.15) is 0 Å². The van der Waals surface area contributed by atoms with Crippen LogP contribution in [0.15, 0.2) is 12.2 Å². The van der Waals surface area contributed by atoms with Crippen LogP contribution >= 0.6 is 0 Å². The average Bonchev–Trinajstić information content (AvgIpc) is 2.29. The number of aliphatic hydroxyl groups excluding tert-OH is 1. The Kier molecular flexibility index (Phi) is 5.32. The molecule has 0 aromatic rings. The molecule has 0 aliphatic heterocycles. The summed E-state index contributed by atoms with van der Waals surface area (Å²) in [6, 6.07) is -0.00713. The maximum Gasteiger partial charge on any atom is 0.315 e. The number of nitrogens with one attached hydrogen (secondary N) is 2. The maximum atomic E-state index is 11.6. The van der Waals surface area contributed by atoms with Gasteiger partial charge in [0.1, 0.15) is 0 Å².